The number of Topliss-reactive ketones (excluding diaryl/α,β-unsaturated/α-hetero) is 1. The van der Waals surface area contributed by atoms with Crippen molar-refractivity contribution in [2.45, 2.75) is 11.8 Å². The summed E-state index contributed by atoms with van der Waals surface area (Å²) in [6, 6.07) is 5.01. The fourth-order valence-electron chi connectivity index (χ4n) is 2.44. The molecule has 0 saturated carbocycles. The molecule has 4 N–H and O–H groups in total. The molecule has 0 aliphatic carbocycles. The summed E-state index contributed by atoms with van der Waals surface area (Å²) in [6.07, 6.45) is 1.26. The molecule has 1 aromatic rings. The predicted octanol–water partition coefficient (Wildman–Crippen LogP) is 0.777. The molecule has 11 heteroatoms. The number of amides is 1. The van der Waals surface area contributed by atoms with Gasteiger partial charge in [-0.1, -0.05) is 6.07 Å². The lowest BCUT2D eigenvalue weighted by Crippen LogP contribution is -2.38. The van der Waals surface area contributed by atoms with Crippen molar-refractivity contribution >= 4 is 40.1 Å². The number of rotatable bonds is 6. The first-order valence-corrected chi connectivity index (χ1v) is 10.1. The maximum absolute atomic E-state index is 12.5. The van der Waals surface area contributed by atoms with Crippen LogP contribution in [0.4, 0.5) is 5.69 Å². The van der Waals surface area contributed by atoms with Gasteiger partial charge in [0.15, 0.2) is 5.78 Å². The molecular weight excluding hydrogens is 406 g/mol. The van der Waals surface area contributed by atoms with E-state index < -0.39 is 21.8 Å². The number of carbonyl (C=O) groups is 2. The van der Waals surface area contributed by atoms with Gasteiger partial charge in [-0.25, -0.2) is 0 Å². The second-order valence-electron chi connectivity index (χ2n) is 5.94. The Hall–Kier alpha value is -2.34. The molecule has 0 unspecified atom stereocenters. The van der Waals surface area contributed by atoms with Crippen LogP contribution in [-0.4, -0.2) is 55.9 Å². The highest BCUT2D eigenvalue weighted by atomic mass is 32.2. The highest BCUT2D eigenvalue weighted by Gasteiger charge is 2.19. The van der Waals surface area contributed by atoms with Gasteiger partial charge in [0, 0.05) is 23.7 Å². The van der Waals surface area contributed by atoms with E-state index in [-0.39, 0.29) is 21.1 Å². The van der Waals surface area contributed by atoms with Crippen LogP contribution in [0.2, 0.25) is 0 Å². The molecule has 1 fully saturated rings. The number of allylic oxidation sites excluding steroid dienone is 1. The summed E-state index contributed by atoms with van der Waals surface area (Å²) in [6.45, 7) is 3.36. The topological polar surface area (TPSA) is 139 Å². The average molecular weight is 428 g/mol. The first-order valence-electron chi connectivity index (χ1n) is 8.22. The lowest BCUT2D eigenvalue weighted by atomic mass is 10.1. The monoisotopic (exact) mass is 427 g/mol. The molecule has 0 spiro atoms. The summed E-state index contributed by atoms with van der Waals surface area (Å²) in [4.78, 5) is 26.1. The molecule has 9 nitrogen and oxygen atoms in total. The van der Waals surface area contributed by atoms with E-state index in [2.05, 4.69) is 17.9 Å². The SMILES string of the molecule is CC(=O)/C(=C/C(S)=C(/N)N1CCOCC1)C(=O)Nc1cccc(S(=O)(=O)O)c1. The number of nitrogens with two attached hydrogens (primary N) is 1. The Bertz CT molecular complexity index is 934. The third-order valence-corrected chi connectivity index (χ3v) is 5.12. The Kier molecular flexibility index (Phi) is 7.24. The van der Waals surface area contributed by atoms with E-state index in [1.807, 2.05) is 4.90 Å². The second-order valence-corrected chi connectivity index (χ2v) is 7.84. The van der Waals surface area contributed by atoms with Crippen molar-refractivity contribution in [1.82, 2.24) is 4.90 Å². The number of nitrogens with one attached hydrogen (secondary N) is 1. The number of ether oxygens (including phenoxy) is 1. The first kappa shape index (κ1) is 22.0. The van der Waals surface area contributed by atoms with Gasteiger partial charge in [0.25, 0.3) is 16.0 Å². The highest BCUT2D eigenvalue weighted by molar-refractivity contribution is 7.85. The van der Waals surface area contributed by atoms with Gasteiger partial charge in [-0.05, 0) is 31.2 Å². The fourth-order valence-corrected chi connectivity index (χ4v) is 3.23. The molecule has 1 aliphatic rings. The van der Waals surface area contributed by atoms with Gasteiger partial charge < -0.3 is 20.7 Å². The van der Waals surface area contributed by atoms with Crippen molar-refractivity contribution in [3.05, 3.63) is 46.6 Å². The van der Waals surface area contributed by atoms with E-state index in [0.29, 0.717) is 32.1 Å². The third-order valence-electron chi connectivity index (χ3n) is 3.91. The summed E-state index contributed by atoms with van der Waals surface area (Å²) < 4.78 is 36.8. The molecule has 1 heterocycles. The predicted molar refractivity (Wildman–Crippen MR) is 106 cm³/mol. The Morgan fingerprint density at radius 3 is 2.54 bits per heavy atom. The number of benzene rings is 1. The minimum Gasteiger partial charge on any atom is -0.384 e. The summed E-state index contributed by atoms with van der Waals surface area (Å²) in [7, 11) is -4.43. The van der Waals surface area contributed by atoms with Gasteiger partial charge in [0.2, 0.25) is 0 Å². The largest absolute Gasteiger partial charge is 0.384 e. The van der Waals surface area contributed by atoms with Crippen LogP contribution in [0.3, 0.4) is 0 Å². The van der Waals surface area contributed by atoms with Crippen LogP contribution in [0.25, 0.3) is 0 Å². The number of carbonyl (C=O) groups excluding carboxylic acids is 2. The average Bonchev–Trinajstić information content (AvgIpc) is 2.65. The zero-order valence-corrected chi connectivity index (χ0v) is 16.8. The maximum atomic E-state index is 12.5. The zero-order valence-electron chi connectivity index (χ0n) is 15.1. The van der Waals surface area contributed by atoms with Crippen LogP contribution >= 0.6 is 12.6 Å². The molecule has 2 rings (SSSR count). The number of thiol groups is 1. The summed E-state index contributed by atoms with van der Waals surface area (Å²) >= 11 is 4.30. The van der Waals surface area contributed by atoms with Gasteiger partial charge in [-0.2, -0.15) is 8.42 Å². The normalized spacial score (nSPS) is 16.4. The van der Waals surface area contributed by atoms with Crippen LogP contribution < -0.4 is 11.1 Å². The lowest BCUT2D eigenvalue weighted by molar-refractivity contribution is -0.118. The van der Waals surface area contributed by atoms with E-state index in [4.69, 9.17) is 15.0 Å². The van der Waals surface area contributed by atoms with Crippen LogP contribution in [0.15, 0.2) is 51.5 Å². The minimum atomic E-state index is -4.43. The van der Waals surface area contributed by atoms with Crippen molar-refractivity contribution in [3.8, 4) is 0 Å². The van der Waals surface area contributed by atoms with Crippen molar-refractivity contribution in [3.63, 3.8) is 0 Å². The number of morpholine rings is 1. The molecule has 1 aromatic carbocycles. The smallest absolute Gasteiger partial charge is 0.294 e. The summed E-state index contributed by atoms with van der Waals surface area (Å²) in [5, 5.41) is 2.43. The molecule has 1 amide bonds. The molecule has 1 saturated heterocycles. The second kappa shape index (κ2) is 9.24. The standard InChI is InChI=1S/C17H21N3O6S2/c1-11(21)14(10-15(27)16(18)20-5-7-26-8-6-20)17(22)19-12-3-2-4-13(9-12)28(23,24)25/h2-4,9-10,27H,5-8,18H2,1H3,(H,19,22)(H,23,24,25)/b14-10-,16-15+. The molecule has 1 aliphatic heterocycles. The minimum absolute atomic E-state index is 0.0955. The molecule has 0 atom stereocenters. The molecular formula is C17H21N3O6S2. The molecule has 0 radical (unpaired) electrons. The van der Waals surface area contributed by atoms with Crippen LogP contribution in [0, 0.1) is 0 Å². The van der Waals surface area contributed by atoms with Crippen LogP contribution in [0.5, 0.6) is 0 Å². The van der Waals surface area contributed by atoms with Crippen LogP contribution in [-0.2, 0) is 24.4 Å². The van der Waals surface area contributed by atoms with Gasteiger partial charge in [0.05, 0.1) is 23.7 Å². The quantitative estimate of drug-likeness (QED) is 0.130. The Morgan fingerprint density at radius 2 is 1.96 bits per heavy atom. The molecule has 0 bridgehead atoms. The Morgan fingerprint density at radius 1 is 1.32 bits per heavy atom. The number of hydrogen-bond acceptors (Lipinski definition) is 8. The van der Waals surface area contributed by atoms with Crippen molar-refractivity contribution in [2.75, 3.05) is 31.6 Å². The Balaban J connectivity index is 2.27. The Labute approximate surface area is 168 Å². The number of nitrogens with zero attached hydrogens (tertiary/aromatic N) is 1. The molecule has 0 aromatic heterocycles. The number of anilines is 1. The van der Waals surface area contributed by atoms with E-state index in [1.165, 1.54) is 31.2 Å². The summed E-state index contributed by atoms with van der Waals surface area (Å²) in [5.41, 5.74) is 5.94. The highest BCUT2D eigenvalue weighted by Crippen LogP contribution is 2.18. The number of ketones is 1. The van der Waals surface area contributed by atoms with Crippen LogP contribution in [0.1, 0.15) is 6.92 Å². The van der Waals surface area contributed by atoms with Crippen molar-refractivity contribution in [2.24, 2.45) is 5.73 Å². The molecule has 28 heavy (non-hydrogen) atoms. The van der Waals surface area contributed by atoms with Gasteiger partial charge >= 0.3 is 0 Å². The van der Waals surface area contributed by atoms with E-state index >= 15 is 0 Å². The fraction of sp³-hybridized carbons (Fsp3) is 0.294. The van der Waals surface area contributed by atoms with E-state index in [9.17, 15) is 18.0 Å². The first-order chi connectivity index (χ1) is 13.1. The van der Waals surface area contributed by atoms with Gasteiger partial charge in [-0.3, -0.25) is 14.1 Å². The van der Waals surface area contributed by atoms with Crippen molar-refractivity contribution < 1.29 is 27.3 Å². The molecule has 152 valence electrons. The lowest BCUT2D eigenvalue weighted by Gasteiger charge is -2.29. The van der Waals surface area contributed by atoms with E-state index in [0.717, 1.165) is 6.07 Å². The van der Waals surface area contributed by atoms with Crippen molar-refractivity contribution in [1.29, 1.82) is 0 Å². The summed E-state index contributed by atoms with van der Waals surface area (Å²) in [5.74, 6) is -0.974. The van der Waals surface area contributed by atoms with Gasteiger partial charge in [0.1, 0.15) is 5.82 Å². The zero-order chi connectivity index (χ0) is 20.9. The maximum Gasteiger partial charge on any atom is 0.294 e. The van der Waals surface area contributed by atoms with Gasteiger partial charge in [-0.15, -0.1) is 12.6 Å². The number of hydrogen-bond donors (Lipinski definition) is 4. The van der Waals surface area contributed by atoms with E-state index in [1.54, 1.807) is 0 Å². The third kappa shape index (κ3) is 5.83.